The predicted octanol–water partition coefficient (Wildman–Crippen LogP) is 7.11. The molecule has 5 rings (SSSR count). The van der Waals surface area contributed by atoms with Gasteiger partial charge in [0.05, 0.1) is 15.7 Å². The van der Waals surface area contributed by atoms with Crippen LogP contribution in [0.4, 0.5) is 13.2 Å². The number of aliphatic hydroxyl groups is 2. The van der Waals surface area contributed by atoms with Crippen molar-refractivity contribution in [1.82, 2.24) is 0 Å². The van der Waals surface area contributed by atoms with E-state index in [0.29, 0.717) is 30.6 Å². The fourth-order valence-electron chi connectivity index (χ4n) is 9.50. The van der Waals surface area contributed by atoms with Crippen LogP contribution in [0.2, 0.25) is 0 Å². The van der Waals surface area contributed by atoms with Gasteiger partial charge in [0.15, 0.2) is 15.4 Å². The zero-order chi connectivity index (χ0) is 29.3. The smallest absolute Gasteiger partial charge is 0.390 e. The first-order chi connectivity index (χ1) is 18.5. The second kappa shape index (κ2) is 10.1. The maximum atomic E-state index is 13.9. The highest BCUT2D eigenvalue weighted by Gasteiger charge is 2.60. The minimum Gasteiger partial charge on any atom is -0.390 e. The number of allylic oxidation sites excluding steroid dienone is 1. The highest BCUT2D eigenvalue weighted by molar-refractivity contribution is 7.92. The van der Waals surface area contributed by atoms with Crippen molar-refractivity contribution in [2.45, 2.75) is 113 Å². The van der Waals surface area contributed by atoms with Crippen LogP contribution in [0.25, 0.3) is 0 Å². The molecule has 1 unspecified atom stereocenters. The number of sulfone groups is 1. The second-order valence-electron chi connectivity index (χ2n) is 14.2. The molecule has 4 aliphatic rings. The standard InChI is InChI=1S/C32H45F3O4S/c1-20(28(19-31(4,37)32(33,34)35)40(38,39)22-8-6-5-7-9-22)26-12-13-27-25-11-10-21-18-29(2,36)16-14-23(21)24(25)15-17-30(26,27)3/h5-10,20,23-28,36-37H,11-19H2,1-4H3/t20-,23-,24+,25+,26+,27-,28?,29-,30+,31-/m0/s1. The Morgan fingerprint density at radius 2 is 1.70 bits per heavy atom. The van der Waals surface area contributed by atoms with Gasteiger partial charge in [0.25, 0.3) is 0 Å². The molecule has 0 heterocycles. The van der Waals surface area contributed by atoms with E-state index >= 15 is 0 Å². The van der Waals surface area contributed by atoms with Crippen molar-refractivity contribution in [2.24, 2.45) is 40.9 Å². The van der Waals surface area contributed by atoms with Crippen molar-refractivity contribution >= 4 is 9.84 Å². The molecule has 0 aromatic heterocycles. The Kier molecular flexibility index (Phi) is 7.61. The maximum absolute atomic E-state index is 13.9. The van der Waals surface area contributed by atoms with Crippen molar-refractivity contribution in [1.29, 1.82) is 0 Å². The van der Waals surface area contributed by atoms with E-state index in [4.69, 9.17) is 0 Å². The fraction of sp³-hybridized carbons (Fsp3) is 0.750. The van der Waals surface area contributed by atoms with E-state index in [2.05, 4.69) is 13.0 Å². The van der Waals surface area contributed by atoms with Gasteiger partial charge in [-0.05, 0) is 118 Å². The number of rotatable bonds is 6. The molecule has 0 spiro atoms. The van der Waals surface area contributed by atoms with E-state index < -0.39 is 44.8 Å². The number of fused-ring (bicyclic) bond motifs is 5. The minimum atomic E-state index is -4.94. The van der Waals surface area contributed by atoms with Gasteiger partial charge in [-0.15, -0.1) is 0 Å². The first kappa shape index (κ1) is 30.1. The van der Waals surface area contributed by atoms with Gasteiger partial charge in [-0.2, -0.15) is 13.2 Å². The predicted molar refractivity (Wildman–Crippen MR) is 149 cm³/mol. The number of hydrogen-bond acceptors (Lipinski definition) is 4. The number of hydrogen-bond donors (Lipinski definition) is 2. The SMILES string of the molecule is C[C@H](C(C[C@](C)(O)C(F)(F)F)S(=O)(=O)c1ccccc1)[C@H]1CC[C@H]2[C@@H]3CC=C4C[C@@](C)(O)CC[C@@H]4[C@H]3CC[C@]12C. The molecule has 0 saturated heterocycles. The summed E-state index contributed by atoms with van der Waals surface area (Å²) >= 11 is 0. The molecule has 224 valence electrons. The van der Waals surface area contributed by atoms with Gasteiger partial charge in [0.2, 0.25) is 0 Å². The summed E-state index contributed by atoms with van der Waals surface area (Å²) < 4.78 is 69.5. The van der Waals surface area contributed by atoms with Crippen molar-refractivity contribution in [3.05, 3.63) is 42.0 Å². The van der Waals surface area contributed by atoms with Crippen molar-refractivity contribution in [3.63, 3.8) is 0 Å². The van der Waals surface area contributed by atoms with Crippen LogP contribution < -0.4 is 0 Å². The normalized spacial score (nSPS) is 39.2. The molecule has 4 nitrogen and oxygen atoms in total. The van der Waals surface area contributed by atoms with Crippen LogP contribution >= 0.6 is 0 Å². The second-order valence-corrected chi connectivity index (χ2v) is 16.4. The third-order valence-corrected chi connectivity index (χ3v) is 14.0. The molecular weight excluding hydrogens is 537 g/mol. The Balaban J connectivity index is 1.45. The van der Waals surface area contributed by atoms with Crippen molar-refractivity contribution in [3.8, 4) is 0 Å². The Hall–Kier alpha value is -1.38. The van der Waals surface area contributed by atoms with Gasteiger partial charge < -0.3 is 10.2 Å². The third-order valence-electron chi connectivity index (χ3n) is 11.7. The van der Waals surface area contributed by atoms with Crippen LogP contribution in [0.3, 0.4) is 0 Å². The minimum absolute atomic E-state index is 0.00589. The summed E-state index contributed by atoms with van der Waals surface area (Å²) in [6.07, 6.45) is 3.73. The van der Waals surface area contributed by atoms with Crippen LogP contribution in [0.1, 0.15) is 85.5 Å². The maximum Gasteiger partial charge on any atom is 0.416 e. The van der Waals surface area contributed by atoms with E-state index in [-0.39, 0.29) is 16.2 Å². The Morgan fingerprint density at radius 3 is 2.35 bits per heavy atom. The zero-order valence-electron chi connectivity index (χ0n) is 24.1. The van der Waals surface area contributed by atoms with E-state index in [0.717, 1.165) is 51.4 Å². The van der Waals surface area contributed by atoms with E-state index in [1.54, 1.807) is 18.2 Å². The Labute approximate surface area is 237 Å². The van der Waals surface area contributed by atoms with Gasteiger partial charge in [0.1, 0.15) is 0 Å². The summed E-state index contributed by atoms with van der Waals surface area (Å²) in [5, 5.41) is 19.8. The molecule has 1 aromatic carbocycles. The molecule has 0 amide bonds. The lowest BCUT2D eigenvalue weighted by Crippen LogP contribution is -2.51. The molecule has 4 aliphatic carbocycles. The zero-order valence-corrected chi connectivity index (χ0v) is 24.9. The molecule has 1 aromatic rings. The Morgan fingerprint density at radius 1 is 1.02 bits per heavy atom. The molecule has 0 radical (unpaired) electrons. The summed E-state index contributed by atoms with van der Waals surface area (Å²) in [6.45, 7) is 6.68. The summed E-state index contributed by atoms with van der Waals surface area (Å²) in [4.78, 5) is 0.00589. The van der Waals surface area contributed by atoms with Gasteiger partial charge >= 0.3 is 6.18 Å². The van der Waals surface area contributed by atoms with Crippen molar-refractivity contribution < 1.29 is 31.8 Å². The number of alkyl halides is 3. The number of halogens is 3. The van der Waals surface area contributed by atoms with Gasteiger partial charge in [-0.1, -0.05) is 43.7 Å². The highest BCUT2D eigenvalue weighted by Crippen LogP contribution is 2.65. The lowest BCUT2D eigenvalue weighted by molar-refractivity contribution is -0.255. The Bertz CT molecular complexity index is 1220. The van der Waals surface area contributed by atoms with Gasteiger partial charge in [0, 0.05) is 6.42 Å². The lowest BCUT2D eigenvalue weighted by Gasteiger charge is -2.55. The van der Waals surface area contributed by atoms with Crippen molar-refractivity contribution in [2.75, 3.05) is 0 Å². The van der Waals surface area contributed by atoms with Crippen LogP contribution in [0.15, 0.2) is 46.9 Å². The monoisotopic (exact) mass is 582 g/mol. The van der Waals surface area contributed by atoms with Crippen LogP contribution in [-0.2, 0) is 9.84 Å². The van der Waals surface area contributed by atoms with Crippen LogP contribution in [-0.4, -0.2) is 41.3 Å². The molecule has 0 bridgehead atoms. The largest absolute Gasteiger partial charge is 0.416 e. The van der Waals surface area contributed by atoms with E-state index in [1.165, 1.54) is 17.7 Å². The molecule has 0 aliphatic heterocycles. The first-order valence-corrected chi connectivity index (χ1v) is 16.5. The molecule has 10 atom stereocenters. The molecule has 8 heteroatoms. The molecular formula is C32H45F3O4S. The quantitative estimate of drug-likeness (QED) is 0.351. The average Bonchev–Trinajstić information content (AvgIpc) is 3.23. The highest BCUT2D eigenvalue weighted by atomic mass is 32.2. The summed E-state index contributed by atoms with van der Waals surface area (Å²) in [7, 11) is -4.14. The molecule has 3 fully saturated rings. The fourth-order valence-corrected chi connectivity index (χ4v) is 11.7. The molecule has 40 heavy (non-hydrogen) atoms. The average molecular weight is 583 g/mol. The summed E-state index contributed by atoms with van der Waals surface area (Å²) in [5.41, 5.74) is -2.52. The molecule has 3 saturated carbocycles. The van der Waals surface area contributed by atoms with E-state index in [9.17, 15) is 31.8 Å². The third kappa shape index (κ3) is 5.08. The van der Waals surface area contributed by atoms with Crippen LogP contribution in [0, 0.1) is 40.9 Å². The topological polar surface area (TPSA) is 74.6 Å². The summed E-state index contributed by atoms with van der Waals surface area (Å²) in [5.74, 6) is 1.32. The lowest BCUT2D eigenvalue weighted by atomic mass is 9.50. The van der Waals surface area contributed by atoms with Crippen LogP contribution in [0.5, 0.6) is 0 Å². The number of benzene rings is 1. The van der Waals surface area contributed by atoms with Gasteiger partial charge in [-0.25, -0.2) is 8.42 Å². The van der Waals surface area contributed by atoms with E-state index in [1.807, 2.05) is 13.8 Å². The van der Waals surface area contributed by atoms with Gasteiger partial charge in [-0.3, -0.25) is 0 Å². The first-order valence-electron chi connectivity index (χ1n) is 15.0. The molecule has 2 N–H and O–H groups in total. The summed E-state index contributed by atoms with van der Waals surface area (Å²) in [6, 6.07) is 7.73.